The highest BCUT2D eigenvalue weighted by molar-refractivity contribution is 14.1. The number of carbonyl (C=O) groups excluding carboxylic acids is 2. The van der Waals surface area contributed by atoms with Gasteiger partial charge >= 0.3 is 6.09 Å². The van der Waals surface area contributed by atoms with Crippen LogP contribution in [0.25, 0.3) is 0 Å². The van der Waals surface area contributed by atoms with E-state index in [1.807, 2.05) is 55.5 Å². The molecular formula is C23H29IN2O4. The average Bonchev–Trinajstić information content (AvgIpc) is 2.65. The molecule has 2 atom stereocenters. The van der Waals surface area contributed by atoms with Crippen LogP contribution in [-0.4, -0.2) is 29.7 Å². The second-order valence-electron chi connectivity index (χ2n) is 8.07. The van der Waals surface area contributed by atoms with E-state index in [-0.39, 0.29) is 5.91 Å². The first-order valence-electron chi connectivity index (χ1n) is 9.77. The maximum absolute atomic E-state index is 13.0. The van der Waals surface area contributed by atoms with Crippen LogP contribution in [0.1, 0.15) is 38.8 Å². The summed E-state index contributed by atoms with van der Waals surface area (Å²) in [5, 5.41) is 5.55. The lowest BCUT2D eigenvalue weighted by atomic mass is 10.1. The Labute approximate surface area is 191 Å². The molecule has 2 amide bonds. The lowest BCUT2D eigenvalue weighted by Gasteiger charge is -2.27. The fraction of sp³-hybridized carbons (Fsp3) is 0.391. The van der Waals surface area contributed by atoms with Crippen molar-refractivity contribution in [1.29, 1.82) is 0 Å². The van der Waals surface area contributed by atoms with Crippen LogP contribution in [0.3, 0.4) is 0 Å². The molecule has 0 saturated carbocycles. The van der Waals surface area contributed by atoms with Gasteiger partial charge in [0.15, 0.2) is 0 Å². The zero-order chi connectivity index (χ0) is 22.3. The summed E-state index contributed by atoms with van der Waals surface area (Å²) in [5.74, 6) is -0.370. The summed E-state index contributed by atoms with van der Waals surface area (Å²) in [6.07, 6.45) is -1.25. The molecule has 0 unspecified atom stereocenters. The molecule has 2 N–H and O–H groups in total. The Morgan fingerprint density at radius 3 is 2.37 bits per heavy atom. The molecule has 0 aliphatic carbocycles. The molecule has 0 fully saturated rings. The molecule has 0 saturated heterocycles. The van der Waals surface area contributed by atoms with Gasteiger partial charge in [0.1, 0.15) is 11.6 Å². The van der Waals surface area contributed by atoms with E-state index in [1.54, 1.807) is 27.7 Å². The average molecular weight is 524 g/mol. The number of anilines is 1. The first-order valence-corrected chi connectivity index (χ1v) is 10.8. The van der Waals surface area contributed by atoms with Gasteiger partial charge in [-0.3, -0.25) is 4.79 Å². The number of nitrogens with one attached hydrogen (secondary N) is 2. The Morgan fingerprint density at radius 2 is 1.77 bits per heavy atom. The first kappa shape index (κ1) is 24.1. The van der Waals surface area contributed by atoms with Crippen LogP contribution in [0, 0.1) is 10.5 Å². The van der Waals surface area contributed by atoms with E-state index in [1.165, 1.54) is 0 Å². The summed E-state index contributed by atoms with van der Waals surface area (Å²) in [7, 11) is 0. The number of rotatable bonds is 7. The van der Waals surface area contributed by atoms with E-state index in [2.05, 4.69) is 33.2 Å². The van der Waals surface area contributed by atoms with Crippen molar-refractivity contribution in [2.75, 3.05) is 5.32 Å². The van der Waals surface area contributed by atoms with Gasteiger partial charge in [-0.15, -0.1) is 0 Å². The number of carbonyl (C=O) groups is 2. The van der Waals surface area contributed by atoms with E-state index >= 15 is 0 Å². The Morgan fingerprint density at radius 1 is 1.10 bits per heavy atom. The van der Waals surface area contributed by atoms with Gasteiger partial charge in [0.25, 0.3) is 0 Å². The minimum Gasteiger partial charge on any atom is -0.444 e. The van der Waals surface area contributed by atoms with Gasteiger partial charge in [-0.2, -0.15) is 0 Å². The molecule has 0 heterocycles. The van der Waals surface area contributed by atoms with Crippen LogP contribution in [0.2, 0.25) is 0 Å². The van der Waals surface area contributed by atoms with Gasteiger partial charge in [-0.1, -0.05) is 30.3 Å². The summed E-state index contributed by atoms with van der Waals surface area (Å²) < 4.78 is 12.3. The zero-order valence-corrected chi connectivity index (χ0v) is 20.1. The van der Waals surface area contributed by atoms with Crippen molar-refractivity contribution in [2.45, 2.75) is 59.0 Å². The third-order valence-corrected chi connectivity index (χ3v) is 4.90. The molecular weight excluding hydrogens is 495 g/mol. The third kappa shape index (κ3) is 7.95. The summed E-state index contributed by atoms with van der Waals surface area (Å²) in [4.78, 5) is 25.4. The van der Waals surface area contributed by atoms with Crippen molar-refractivity contribution < 1.29 is 19.1 Å². The molecule has 0 radical (unpaired) electrons. The summed E-state index contributed by atoms with van der Waals surface area (Å²) in [6.45, 7) is 9.31. The lowest BCUT2D eigenvalue weighted by Crippen LogP contribution is -2.52. The highest BCUT2D eigenvalue weighted by Crippen LogP contribution is 2.19. The molecule has 2 aromatic rings. The Bertz CT molecular complexity index is 865. The monoisotopic (exact) mass is 524 g/mol. The summed E-state index contributed by atoms with van der Waals surface area (Å²) in [6, 6.07) is 14.5. The third-order valence-electron chi connectivity index (χ3n) is 4.23. The molecule has 0 aliphatic rings. The minimum atomic E-state index is -0.928. The van der Waals surface area contributed by atoms with Crippen LogP contribution in [0.15, 0.2) is 48.5 Å². The van der Waals surface area contributed by atoms with E-state index in [0.29, 0.717) is 12.3 Å². The predicted octanol–water partition coefficient (Wildman–Crippen LogP) is 5.04. The minimum absolute atomic E-state index is 0.324. The molecule has 0 aliphatic heterocycles. The van der Waals surface area contributed by atoms with Crippen LogP contribution in [-0.2, 0) is 20.9 Å². The van der Waals surface area contributed by atoms with Crippen molar-refractivity contribution in [3.63, 3.8) is 0 Å². The van der Waals surface area contributed by atoms with E-state index in [9.17, 15) is 9.59 Å². The number of aryl methyl sites for hydroxylation is 1. The van der Waals surface area contributed by atoms with E-state index in [4.69, 9.17) is 9.47 Å². The quantitative estimate of drug-likeness (QED) is 0.498. The van der Waals surface area contributed by atoms with Gasteiger partial charge in [-0.25, -0.2) is 4.79 Å². The SMILES string of the molecule is Cc1cc(I)ccc1NC(=O)[C@H](NC(=O)OC(C)(C)C)[C@@H](C)OCc1ccccc1. The van der Waals surface area contributed by atoms with Crippen LogP contribution >= 0.6 is 22.6 Å². The fourth-order valence-electron chi connectivity index (χ4n) is 2.71. The topological polar surface area (TPSA) is 76.7 Å². The highest BCUT2D eigenvalue weighted by atomic mass is 127. The molecule has 0 bridgehead atoms. The van der Waals surface area contributed by atoms with Crippen molar-refractivity contribution in [3.05, 3.63) is 63.2 Å². The van der Waals surface area contributed by atoms with Gasteiger partial charge in [0, 0.05) is 9.26 Å². The number of amides is 2. The van der Waals surface area contributed by atoms with Gasteiger partial charge in [0.2, 0.25) is 5.91 Å². The molecule has 2 rings (SSSR count). The van der Waals surface area contributed by atoms with Gasteiger partial charge < -0.3 is 20.1 Å². The van der Waals surface area contributed by atoms with Gasteiger partial charge in [-0.05, 0) is 86.5 Å². The highest BCUT2D eigenvalue weighted by Gasteiger charge is 2.30. The Hall–Kier alpha value is -2.13. The smallest absolute Gasteiger partial charge is 0.408 e. The number of benzene rings is 2. The second kappa shape index (κ2) is 10.8. The van der Waals surface area contributed by atoms with Crippen molar-refractivity contribution in [3.8, 4) is 0 Å². The zero-order valence-electron chi connectivity index (χ0n) is 18.0. The van der Waals surface area contributed by atoms with Gasteiger partial charge in [0.05, 0.1) is 12.7 Å². The number of hydrogen-bond acceptors (Lipinski definition) is 4. The largest absolute Gasteiger partial charge is 0.444 e. The standard InChI is InChI=1S/C23H29IN2O4/c1-15-13-18(24)11-12-19(15)25-21(27)20(26-22(28)30-23(3,4)5)16(2)29-14-17-9-7-6-8-10-17/h6-13,16,20H,14H2,1-5H3,(H,25,27)(H,26,28)/t16-,20-/m1/s1. The predicted molar refractivity (Wildman–Crippen MR) is 126 cm³/mol. The molecule has 162 valence electrons. The Balaban J connectivity index is 2.13. The number of alkyl carbamates (subject to hydrolysis) is 1. The van der Waals surface area contributed by atoms with Crippen LogP contribution in [0.4, 0.5) is 10.5 Å². The molecule has 0 aromatic heterocycles. The summed E-state index contributed by atoms with van der Waals surface area (Å²) in [5.41, 5.74) is 1.93. The van der Waals surface area contributed by atoms with Crippen LogP contribution < -0.4 is 10.6 Å². The van der Waals surface area contributed by atoms with Crippen LogP contribution in [0.5, 0.6) is 0 Å². The normalized spacial score (nSPS) is 13.3. The lowest BCUT2D eigenvalue weighted by molar-refractivity contribution is -0.122. The molecule has 7 heteroatoms. The van der Waals surface area contributed by atoms with Crippen molar-refractivity contribution in [2.24, 2.45) is 0 Å². The fourth-order valence-corrected chi connectivity index (χ4v) is 3.35. The molecule has 6 nitrogen and oxygen atoms in total. The Kier molecular flexibility index (Phi) is 8.66. The van der Waals surface area contributed by atoms with Crippen molar-refractivity contribution >= 4 is 40.3 Å². The molecule has 2 aromatic carbocycles. The second-order valence-corrected chi connectivity index (χ2v) is 9.32. The van der Waals surface area contributed by atoms with Crippen molar-refractivity contribution in [1.82, 2.24) is 5.32 Å². The number of ether oxygens (including phenoxy) is 2. The van der Waals surface area contributed by atoms with E-state index in [0.717, 1.165) is 14.7 Å². The molecule has 30 heavy (non-hydrogen) atoms. The maximum atomic E-state index is 13.0. The van der Waals surface area contributed by atoms with E-state index < -0.39 is 23.8 Å². The first-order chi connectivity index (χ1) is 14.0. The molecule has 0 spiro atoms. The number of hydrogen-bond donors (Lipinski definition) is 2. The number of halogens is 1. The maximum Gasteiger partial charge on any atom is 0.408 e. The summed E-state index contributed by atoms with van der Waals surface area (Å²) >= 11 is 2.22.